The van der Waals surface area contributed by atoms with Gasteiger partial charge in [-0.25, -0.2) is 4.83 Å². The van der Waals surface area contributed by atoms with Crippen LogP contribution in [0.15, 0.2) is 52.5 Å². The maximum absolute atomic E-state index is 12.1. The average Bonchev–Trinajstić information content (AvgIpc) is 2.57. The molecule has 0 saturated heterocycles. The van der Waals surface area contributed by atoms with Crippen LogP contribution in [-0.4, -0.2) is 33.5 Å². The zero-order chi connectivity index (χ0) is 17.6. The highest BCUT2D eigenvalue weighted by Crippen LogP contribution is 2.25. The second kappa shape index (κ2) is 7.69. The maximum atomic E-state index is 12.1. The van der Waals surface area contributed by atoms with Crippen molar-refractivity contribution in [2.75, 3.05) is 13.7 Å². The lowest BCUT2D eigenvalue weighted by Gasteiger charge is -2.06. The van der Waals surface area contributed by atoms with Gasteiger partial charge in [0.2, 0.25) is 0 Å². The van der Waals surface area contributed by atoms with Crippen LogP contribution in [0.2, 0.25) is 0 Å². The molecule has 0 bridgehead atoms. The van der Waals surface area contributed by atoms with E-state index in [2.05, 4.69) is 9.93 Å². The molecular weight excluding hydrogens is 332 g/mol. The first-order valence-corrected chi connectivity index (χ1v) is 8.59. The first kappa shape index (κ1) is 17.6. The van der Waals surface area contributed by atoms with E-state index in [1.165, 1.54) is 37.6 Å². The van der Waals surface area contributed by atoms with Crippen molar-refractivity contribution in [3.05, 3.63) is 48.0 Å². The van der Waals surface area contributed by atoms with Gasteiger partial charge in [0.25, 0.3) is 10.0 Å². The van der Waals surface area contributed by atoms with Crippen molar-refractivity contribution in [3.63, 3.8) is 0 Å². The Kier molecular flexibility index (Phi) is 5.64. The Morgan fingerprint density at radius 3 is 2.54 bits per heavy atom. The Hall–Kier alpha value is -2.74. The van der Waals surface area contributed by atoms with E-state index in [9.17, 15) is 13.5 Å². The standard InChI is InChI=1S/C16H18N2O5S/c1-3-23-13-5-7-14(8-6-13)24(20,21)18-17-11-12-4-9-15(19)16(10-12)22-2/h4-11,18-19H,3H2,1-2H3. The summed E-state index contributed by atoms with van der Waals surface area (Å²) < 4.78 is 34.5. The predicted octanol–water partition coefficient (Wildman–Crippen LogP) is 2.11. The van der Waals surface area contributed by atoms with E-state index in [1.807, 2.05) is 6.92 Å². The number of hydrazone groups is 1. The lowest BCUT2D eigenvalue weighted by atomic mass is 10.2. The van der Waals surface area contributed by atoms with Gasteiger partial charge >= 0.3 is 0 Å². The Bertz CT molecular complexity index is 817. The molecule has 2 rings (SSSR count). The number of phenols is 1. The summed E-state index contributed by atoms with van der Waals surface area (Å²) in [6, 6.07) is 10.6. The minimum Gasteiger partial charge on any atom is -0.504 e. The first-order valence-electron chi connectivity index (χ1n) is 7.11. The number of rotatable bonds is 7. The predicted molar refractivity (Wildman–Crippen MR) is 90.2 cm³/mol. The molecule has 0 aliphatic heterocycles. The summed E-state index contributed by atoms with van der Waals surface area (Å²) in [4.78, 5) is 2.20. The van der Waals surface area contributed by atoms with Crippen LogP contribution in [-0.2, 0) is 10.0 Å². The highest BCUT2D eigenvalue weighted by atomic mass is 32.2. The number of aromatic hydroxyl groups is 1. The van der Waals surface area contributed by atoms with Crippen molar-refractivity contribution in [3.8, 4) is 17.2 Å². The molecule has 0 amide bonds. The molecule has 128 valence electrons. The highest BCUT2D eigenvalue weighted by molar-refractivity contribution is 7.89. The molecular formula is C16H18N2O5S. The van der Waals surface area contributed by atoms with E-state index in [1.54, 1.807) is 18.2 Å². The molecule has 0 heterocycles. The normalized spacial score (nSPS) is 11.4. The number of nitrogens with one attached hydrogen (secondary N) is 1. The Balaban J connectivity index is 2.09. The molecule has 2 aromatic rings. The number of sulfonamides is 1. The zero-order valence-electron chi connectivity index (χ0n) is 13.3. The van der Waals surface area contributed by atoms with Crippen LogP contribution in [0.4, 0.5) is 0 Å². The largest absolute Gasteiger partial charge is 0.504 e. The van der Waals surface area contributed by atoms with Gasteiger partial charge in [-0.1, -0.05) is 0 Å². The summed E-state index contributed by atoms with van der Waals surface area (Å²) in [5, 5.41) is 13.2. The van der Waals surface area contributed by atoms with Gasteiger partial charge in [-0.3, -0.25) is 0 Å². The van der Waals surface area contributed by atoms with Crippen LogP contribution in [0.1, 0.15) is 12.5 Å². The van der Waals surface area contributed by atoms with E-state index in [-0.39, 0.29) is 16.4 Å². The first-order chi connectivity index (χ1) is 11.5. The fourth-order valence-electron chi connectivity index (χ4n) is 1.88. The molecule has 0 aliphatic rings. The number of nitrogens with zero attached hydrogens (tertiary/aromatic N) is 1. The van der Waals surface area contributed by atoms with E-state index >= 15 is 0 Å². The molecule has 0 atom stereocenters. The number of ether oxygens (including phenoxy) is 2. The molecule has 0 spiro atoms. The minimum atomic E-state index is -3.77. The monoisotopic (exact) mass is 350 g/mol. The Labute approximate surface area is 140 Å². The third kappa shape index (κ3) is 4.39. The van der Waals surface area contributed by atoms with Crippen molar-refractivity contribution >= 4 is 16.2 Å². The van der Waals surface area contributed by atoms with Gasteiger partial charge in [-0.05, 0) is 55.0 Å². The van der Waals surface area contributed by atoms with Crippen molar-refractivity contribution in [2.45, 2.75) is 11.8 Å². The summed E-state index contributed by atoms with van der Waals surface area (Å²) in [6.45, 7) is 2.35. The van der Waals surface area contributed by atoms with Gasteiger partial charge in [0.1, 0.15) is 5.75 Å². The number of phenolic OH excluding ortho intramolecular Hbond substituents is 1. The SMILES string of the molecule is CCOc1ccc(S(=O)(=O)NN=Cc2ccc(O)c(OC)c2)cc1. The van der Waals surface area contributed by atoms with Gasteiger partial charge in [0, 0.05) is 0 Å². The van der Waals surface area contributed by atoms with Crippen molar-refractivity contribution in [1.29, 1.82) is 0 Å². The lowest BCUT2D eigenvalue weighted by Crippen LogP contribution is -2.18. The highest BCUT2D eigenvalue weighted by Gasteiger charge is 2.12. The summed E-state index contributed by atoms with van der Waals surface area (Å²) in [5.41, 5.74) is 0.569. The van der Waals surface area contributed by atoms with E-state index in [0.717, 1.165) is 0 Å². The summed E-state index contributed by atoms with van der Waals surface area (Å²) >= 11 is 0. The molecule has 0 aliphatic carbocycles. The molecule has 2 N–H and O–H groups in total. The van der Waals surface area contributed by atoms with Gasteiger partial charge in [0.05, 0.1) is 24.8 Å². The molecule has 24 heavy (non-hydrogen) atoms. The molecule has 0 aromatic heterocycles. The Morgan fingerprint density at radius 2 is 1.92 bits per heavy atom. The van der Waals surface area contributed by atoms with Gasteiger partial charge in [-0.2, -0.15) is 13.5 Å². The van der Waals surface area contributed by atoms with Gasteiger partial charge < -0.3 is 14.6 Å². The van der Waals surface area contributed by atoms with Crippen LogP contribution < -0.4 is 14.3 Å². The van der Waals surface area contributed by atoms with Crippen LogP contribution >= 0.6 is 0 Å². The number of benzene rings is 2. The smallest absolute Gasteiger partial charge is 0.276 e. The molecule has 2 aromatic carbocycles. The van der Waals surface area contributed by atoms with E-state index in [0.29, 0.717) is 17.9 Å². The van der Waals surface area contributed by atoms with Crippen LogP contribution in [0.5, 0.6) is 17.2 Å². The summed E-state index contributed by atoms with van der Waals surface area (Å²) in [6.07, 6.45) is 1.31. The molecule has 0 saturated carbocycles. The summed E-state index contributed by atoms with van der Waals surface area (Å²) in [7, 11) is -2.35. The van der Waals surface area contributed by atoms with Crippen LogP contribution in [0, 0.1) is 0 Å². The molecule has 0 fully saturated rings. The zero-order valence-corrected chi connectivity index (χ0v) is 14.1. The van der Waals surface area contributed by atoms with Crippen LogP contribution in [0.25, 0.3) is 0 Å². The van der Waals surface area contributed by atoms with Crippen LogP contribution in [0.3, 0.4) is 0 Å². The lowest BCUT2D eigenvalue weighted by molar-refractivity contribution is 0.340. The third-order valence-electron chi connectivity index (χ3n) is 3.04. The van der Waals surface area contributed by atoms with Gasteiger partial charge in [0.15, 0.2) is 11.5 Å². The molecule has 8 heteroatoms. The quantitative estimate of drug-likeness (QED) is 0.589. The third-order valence-corrected chi connectivity index (χ3v) is 4.27. The topological polar surface area (TPSA) is 97.2 Å². The Morgan fingerprint density at radius 1 is 1.21 bits per heavy atom. The molecule has 0 radical (unpaired) electrons. The number of hydrogen-bond acceptors (Lipinski definition) is 6. The fourth-order valence-corrected chi connectivity index (χ4v) is 2.67. The van der Waals surface area contributed by atoms with Crippen molar-refractivity contribution in [1.82, 2.24) is 4.83 Å². The van der Waals surface area contributed by atoms with Gasteiger partial charge in [-0.15, -0.1) is 0 Å². The second-order valence-electron chi connectivity index (χ2n) is 4.69. The van der Waals surface area contributed by atoms with E-state index in [4.69, 9.17) is 9.47 Å². The molecule has 0 unspecified atom stereocenters. The minimum absolute atomic E-state index is 0.00961. The average molecular weight is 350 g/mol. The fraction of sp³-hybridized carbons (Fsp3) is 0.188. The van der Waals surface area contributed by atoms with Crippen molar-refractivity contribution < 1.29 is 23.0 Å². The van der Waals surface area contributed by atoms with E-state index < -0.39 is 10.0 Å². The second-order valence-corrected chi connectivity index (χ2v) is 6.35. The maximum Gasteiger partial charge on any atom is 0.276 e. The number of methoxy groups -OCH3 is 1. The molecule has 7 nitrogen and oxygen atoms in total. The van der Waals surface area contributed by atoms with Crippen molar-refractivity contribution in [2.24, 2.45) is 5.10 Å². The summed E-state index contributed by atoms with van der Waals surface area (Å²) in [5.74, 6) is 0.856. The number of hydrogen-bond donors (Lipinski definition) is 2.